The second-order valence-electron chi connectivity index (χ2n) is 4.37. The molecule has 0 bridgehead atoms. The predicted molar refractivity (Wildman–Crippen MR) is 63.5 cm³/mol. The molecule has 2 rings (SSSR count). The highest BCUT2D eigenvalue weighted by atomic mass is 16.4. The van der Waals surface area contributed by atoms with Gasteiger partial charge in [0.15, 0.2) is 0 Å². The fraction of sp³-hybridized carbons (Fsp3) is 0.462. The highest BCUT2D eigenvalue weighted by molar-refractivity contribution is 5.73. The second-order valence-corrected chi connectivity index (χ2v) is 4.37. The van der Waals surface area contributed by atoms with Crippen molar-refractivity contribution in [2.24, 2.45) is 11.8 Å². The van der Waals surface area contributed by atoms with Gasteiger partial charge in [0.05, 0.1) is 5.92 Å². The summed E-state index contributed by atoms with van der Waals surface area (Å²) in [7, 11) is 0. The average Bonchev–Trinajstić information content (AvgIpc) is 3.06. The minimum Gasteiger partial charge on any atom is -0.481 e. The molecule has 3 nitrogen and oxygen atoms in total. The maximum absolute atomic E-state index is 10.6. The standard InChI is InChI=1S/C13H17NO2/c1-2-9-3-5-11(6-4-9)14-8-10-7-12(10)13(15)16/h3-6,10,12,14H,2,7-8H2,1H3,(H,15,16). The van der Waals surface area contributed by atoms with Crippen LogP contribution in [0.15, 0.2) is 24.3 Å². The first kappa shape index (κ1) is 11.0. The summed E-state index contributed by atoms with van der Waals surface area (Å²) in [6, 6.07) is 8.31. The van der Waals surface area contributed by atoms with E-state index in [4.69, 9.17) is 5.11 Å². The zero-order valence-corrected chi connectivity index (χ0v) is 9.44. The van der Waals surface area contributed by atoms with Crippen molar-refractivity contribution in [3.05, 3.63) is 29.8 Å². The summed E-state index contributed by atoms with van der Waals surface area (Å²) in [4.78, 5) is 10.6. The van der Waals surface area contributed by atoms with E-state index in [9.17, 15) is 4.79 Å². The molecule has 0 heterocycles. The van der Waals surface area contributed by atoms with Gasteiger partial charge < -0.3 is 10.4 Å². The monoisotopic (exact) mass is 219 g/mol. The molecule has 0 amide bonds. The number of carboxylic acid groups (broad SMARTS) is 1. The van der Waals surface area contributed by atoms with Gasteiger partial charge in [-0.2, -0.15) is 0 Å². The van der Waals surface area contributed by atoms with Crippen molar-refractivity contribution < 1.29 is 9.90 Å². The average molecular weight is 219 g/mol. The number of carboxylic acids is 1. The molecule has 86 valence electrons. The Bertz CT molecular complexity index is 372. The van der Waals surface area contributed by atoms with Crippen LogP contribution in [-0.2, 0) is 11.2 Å². The maximum atomic E-state index is 10.6. The number of aliphatic carboxylic acids is 1. The van der Waals surface area contributed by atoms with E-state index in [-0.39, 0.29) is 5.92 Å². The molecule has 1 aliphatic rings. The van der Waals surface area contributed by atoms with Crippen molar-refractivity contribution in [1.29, 1.82) is 0 Å². The molecule has 1 aromatic rings. The lowest BCUT2D eigenvalue weighted by Gasteiger charge is -2.06. The molecule has 1 saturated carbocycles. The first-order chi connectivity index (χ1) is 7.70. The fourth-order valence-corrected chi connectivity index (χ4v) is 1.88. The minimum absolute atomic E-state index is 0.123. The van der Waals surface area contributed by atoms with Crippen molar-refractivity contribution in [2.75, 3.05) is 11.9 Å². The molecule has 0 saturated heterocycles. The van der Waals surface area contributed by atoms with Crippen LogP contribution in [0.5, 0.6) is 0 Å². The number of rotatable bonds is 5. The number of hydrogen-bond acceptors (Lipinski definition) is 2. The quantitative estimate of drug-likeness (QED) is 0.799. The third-order valence-corrected chi connectivity index (χ3v) is 3.17. The topological polar surface area (TPSA) is 49.3 Å². The number of benzene rings is 1. The van der Waals surface area contributed by atoms with E-state index in [0.717, 1.165) is 25.1 Å². The zero-order valence-electron chi connectivity index (χ0n) is 9.44. The molecule has 3 heteroatoms. The molecule has 2 unspecified atom stereocenters. The van der Waals surface area contributed by atoms with Crippen molar-refractivity contribution in [3.8, 4) is 0 Å². The van der Waals surface area contributed by atoms with Crippen LogP contribution in [0, 0.1) is 11.8 Å². The molecule has 0 aliphatic heterocycles. The molecule has 2 atom stereocenters. The van der Waals surface area contributed by atoms with Crippen LogP contribution in [0.25, 0.3) is 0 Å². The van der Waals surface area contributed by atoms with E-state index in [1.165, 1.54) is 5.56 Å². The molecule has 1 fully saturated rings. The SMILES string of the molecule is CCc1ccc(NCC2CC2C(=O)O)cc1. The summed E-state index contributed by atoms with van der Waals surface area (Å²) >= 11 is 0. The lowest BCUT2D eigenvalue weighted by atomic mass is 10.1. The lowest BCUT2D eigenvalue weighted by Crippen LogP contribution is -2.08. The molecule has 2 N–H and O–H groups in total. The summed E-state index contributed by atoms with van der Waals surface area (Å²) in [6.45, 7) is 2.90. The molecule has 16 heavy (non-hydrogen) atoms. The number of nitrogens with one attached hydrogen (secondary N) is 1. The highest BCUT2D eigenvalue weighted by Crippen LogP contribution is 2.38. The van der Waals surface area contributed by atoms with Gasteiger partial charge in [-0.3, -0.25) is 4.79 Å². The Kier molecular flexibility index (Phi) is 3.13. The van der Waals surface area contributed by atoms with E-state index in [2.05, 4.69) is 36.5 Å². The smallest absolute Gasteiger partial charge is 0.306 e. The van der Waals surface area contributed by atoms with Crippen LogP contribution >= 0.6 is 0 Å². The summed E-state index contributed by atoms with van der Waals surface area (Å²) in [5.41, 5.74) is 2.40. The van der Waals surface area contributed by atoms with E-state index in [1.54, 1.807) is 0 Å². The summed E-state index contributed by atoms with van der Waals surface area (Å²) in [5, 5.41) is 12.0. The Labute approximate surface area is 95.5 Å². The second kappa shape index (κ2) is 4.56. The summed E-state index contributed by atoms with van der Waals surface area (Å²) in [5.74, 6) is -0.473. The number of hydrogen-bond donors (Lipinski definition) is 2. The molecule has 0 spiro atoms. The van der Waals surface area contributed by atoms with Crippen molar-refractivity contribution >= 4 is 11.7 Å². The Morgan fingerprint density at radius 3 is 2.62 bits per heavy atom. The van der Waals surface area contributed by atoms with Gasteiger partial charge in [-0.05, 0) is 36.5 Å². The zero-order chi connectivity index (χ0) is 11.5. The van der Waals surface area contributed by atoms with Gasteiger partial charge in [-0.15, -0.1) is 0 Å². The van der Waals surface area contributed by atoms with Crippen LogP contribution in [0.1, 0.15) is 18.9 Å². The van der Waals surface area contributed by atoms with Gasteiger partial charge in [0, 0.05) is 12.2 Å². The largest absolute Gasteiger partial charge is 0.481 e. The third-order valence-electron chi connectivity index (χ3n) is 3.17. The lowest BCUT2D eigenvalue weighted by molar-refractivity contribution is -0.138. The third kappa shape index (κ3) is 2.54. The van der Waals surface area contributed by atoms with Gasteiger partial charge in [0.25, 0.3) is 0 Å². The molecule has 0 aromatic heterocycles. The van der Waals surface area contributed by atoms with E-state index < -0.39 is 5.97 Å². The molecular weight excluding hydrogens is 202 g/mol. The van der Waals surface area contributed by atoms with Crippen LogP contribution in [0.4, 0.5) is 5.69 Å². The minimum atomic E-state index is -0.659. The summed E-state index contributed by atoms with van der Waals surface area (Å²) < 4.78 is 0. The molecule has 1 aliphatic carbocycles. The number of carbonyl (C=O) groups is 1. The maximum Gasteiger partial charge on any atom is 0.306 e. The van der Waals surface area contributed by atoms with Crippen molar-refractivity contribution in [3.63, 3.8) is 0 Å². The number of aryl methyl sites for hydroxylation is 1. The predicted octanol–water partition coefficient (Wildman–Crippen LogP) is 2.38. The summed E-state index contributed by atoms with van der Waals surface area (Å²) in [6.07, 6.45) is 1.86. The Morgan fingerprint density at radius 1 is 1.44 bits per heavy atom. The Balaban J connectivity index is 1.80. The first-order valence-electron chi connectivity index (χ1n) is 5.76. The highest BCUT2D eigenvalue weighted by Gasteiger charge is 2.42. The normalized spacial score (nSPS) is 22.8. The first-order valence-corrected chi connectivity index (χ1v) is 5.76. The fourth-order valence-electron chi connectivity index (χ4n) is 1.88. The molecule has 1 aromatic carbocycles. The van der Waals surface area contributed by atoms with Crippen LogP contribution < -0.4 is 5.32 Å². The van der Waals surface area contributed by atoms with Gasteiger partial charge in [0.1, 0.15) is 0 Å². The van der Waals surface area contributed by atoms with Gasteiger partial charge in [0.2, 0.25) is 0 Å². The van der Waals surface area contributed by atoms with Crippen LogP contribution in [0.3, 0.4) is 0 Å². The van der Waals surface area contributed by atoms with Gasteiger partial charge in [-0.1, -0.05) is 19.1 Å². The Hall–Kier alpha value is -1.51. The van der Waals surface area contributed by atoms with E-state index in [0.29, 0.717) is 5.92 Å². The van der Waals surface area contributed by atoms with Crippen LogP contribution in [-0.4, -0.2) is 17.6 Å². The number of anilines is 1. The van der Waals surface area contributed by atoms with E-state index in [1.807, 2.05) is 0 Å². The van der Waals surface area contributed by atoms with Crippen LogP contribution in [0.2, 0.25) is 0 Å². The van der Waals surface area contributed by atoms with Crippen molar-refractivity contribution in [1.82, 2.24) is 0 Å². The van der Waals surface area contributed by atoms with Gasteiger partial charge in [-0.25, -0.2) is 0 Å². The van der Waals surface area contributed by atoms with Gasteiger partial charge >= 0.3 is 5.97 Å². The molecule has 0 radical (unpaired) electrons. The Morgan fingerprint density at radius 2 is 2.12 bits per heavy atom. The van der Waals surface area contributed by atoms with E-state index >= 15 is 0 Å². The van der Waals surface area contributed by atoms with Crippen molar-refractivity contribution in [2.45, 2.75) is 19.8 Å². The molecular formula is C13H17NO2.